The van der Waals surface area contributed by atoms with E-state index in [1.54, 1.807) is 16.7 Å². The van der Waals surface area contributed by atoms with E-state index in [1.165, 1.54) is 12.1 Å². The molecule has 2 heterocycles. The first kappa shape index (κ1) is 20.4. The molecular weight excluding hydrogens is 421 g/mol. The zero-order valence-electron chi connectivity index (χ0n) is 15.8. The molecule has 0 saturated carbocycles. The Morgan fingerprint density at radius 2 is 2.00 bits per heavy atom. The van der Waals surface area contributed by atoms with Crippen LogP contribution >= 0.6 is 11.6 Å². The van der Waals surface area contributed by atoms with E-state index < -0.39 is 18.0 Å². The summed E-state index contributed by atoms with van der Waals surface area (Å²) in [5, 5.41) is 2.90. The van der Waals surface area contributed by atoms with Crippen molar-refractivity contribution in [3.8, 4) is 17.1 Å². The number of alkyl halides is 3. The number of furan rings is 1. The highest BCUT2D eigenvalue weighted by Gasteiger charge is 2.42. The van der Waals surface area contributed by atoms with Gasteiger partial charge in [0.2, 0.25) is 5.88 Å². The van der Waals surface area contributed by atoms with Gasteiger partial charge in [0, 0.05) is 22.0 Å². The van der Waals surface area contributed by atoms with Gasteiger partial charge >= 0.3 is 12.1 Å². The fourth-order valence-corrected chi connectivity index (χ4v) is 3.98. The number of benzene rings is 1. The molecule has 0 N–H and O–H groups in total. The smallest absolute Gasteiger partial charge is 0.392 e. The lowest BCUT2D eigenvalue weighted by molar-refractivity contribution is -0.177. The van der Waals surface area contributed by atoms with Gasteiger partial charge in [0.05, 0.1) is 11.6 Å². The monoisotopic (exact) mass is 436 g/mol. The summed E-state index contributed by atoms with van der Waals surface area (Å²) >= 11 is 6.12. The van der Waals surface area contributed by atoms with E-state index in [-0.39, 0.29) is 30.9 Å². The highest BCUT2D eigenvalue weighted by molar-refractivity contribution is 6.31. The summed E-state index contributed by atoms with van der Waals surface area (Å²) in [4.78, 5) is 22.1. The van der Waals surface area contributed by atoms with Gasteiger partial charge in [-0.2, -0.15) is 13.2 Å². The molecule has 30 heavy (non-hydrogen) atoms. The summed E-state index contributed by atoms with van der Waals surface area (Å²) in [6, 6.07) is 9.90. The summed E-state index contributed by atoms with van der Waals surface area (Å²) in [6.07, 6.45) is -4.23. The lowest BCUT2D eigenvalue weighted by Gasteiger charge is -2.26. The number of carbonyl (C=O) groups excluding carboxylic acids is 1. The van der Waals surface area contributed by atoms with E-state index in [0.29, 0.717) is 16.4 Å². The van der Waals surface area contributed by atoms with Crippen LogP contribution in [0.15, 0.2) is 46.0 Å². The van der Waals surface area contributed by atoms with Crippen LogP contribution in [0.3, 0.4) is 0 Å². The number of nitroso groups, excluding NO2 is 1. The molecule has 5 nitrogen and oxygen atoms in total. The number of hydrogen-bond donors (Lipinski definition) is 0. The molecule has 0 fully saturated rings. The maximum absolute atomic E-state index is 13.4. The van der Waals surface area contributed by atoms with Crippen LogP contribution in [0.1, 0.15) is 33.8 Å². The van der Waals surface area contributed by atoms with Crippen molar-refractivity contribution in [3.05, 3.63) is 68.9 Å². The van der Waals surface area contributed by atoms with Gasteiger partial charge in [-0.25, -0.2) is 0 Å². The topological polar surface area (TPSA) is 64.6 Å². The normalized spacial score (nSPS) is 16.4. The van der Waals surface area contributed by atoms with Gasteiger partial charge in [-0.1, -0.05) is 17.7 Å². The molecule has 0 bridgehead atoms. The Hall–Kier alpha value is -2.87. The third kappa shape index (κ3) is 3.56. The van der Waals surface area contributed by atoms with Crippen LogP contribution in [0, 0.1) is 17.7 Å². The lowest BCUT2D eigenvalue weighted by Crippen LogP contribution is -2.29. The minimum atomic E-state index is -4.31. The molecule has 156 valence electrons. The molecule has 1 aliphatic rings. The minimum Gasteiger partial charge on any atom is -0.434 e. The Labute approximate surface area is 174 Å². The Balaban J connectivity index is 1.90. The van der Waals surface area contributed by atoms with Crippen LogP contribution < -0.4 is 0 Å². The predicted octanol–water partition coefficient (Wildman–Crippen LogP) is 6.27. The number of aromatic nitrogens is 1. The molecule has 0 spiro atoms. The Bertz CT molecular complexity index is 1150. The van der Waals surface area contributed by atoms with Crippen LogP contribution in [0.2, 0.25) is 5.02 Å². The maximum Gasteiger partial charge on any atom is 0.392 e. The van der Waals surface area contributed by atoms with Crippen molar-refractivity contribution in [2.75, 3.05) is 0 Å². The Morgan fingerprint density at radius 1 is 1.23 bits per heavy atom. The maximum atomic E-state index is 13.4. The van der Waals surface area contributed by atoms with E-state index in [4.69, 9.17) is 16.0 Å². The number of halogens is 4. The molecule has 0 saturated heterocycles. The average molecular weight is 437 g/mol. The molecule has 1 aliphatic carbocycles. The van der Waals surface area contributed by atoms with Gasteiger partial charge < -0.3 is 4.42 Å². The molecule has 9 heteroatoms. The molecule has 1 unspecified atom stereocenters. The van der Waals surface area contributed by atoms with Crippen molar-refractivity contribution in [1.82, 2.24) is 4.57 Å². The largest absolute Gasteiger partial charge is 0.434 e. The summed E-state index contributed by atoms with van der Waals surface area (Å²) in [5.41, 5.74) is 3.44. The van der Waals surface area contributed by atoms with Gasteiger partial charge in [-0.15, -0.1) is 4.91 Å². The molecule has 1 aromatic carbocycles. The summed E-state index contributed by atoms with van der Waals surface area (Å²) < 4.78 is 47.3. The number of rotatable bonds is 3. The van der Waals surface area contributed by atoms with Crippen molar-refractivity contribution >= 4 is 17.5 Å². The molecule has 1 atom stereocenters. The van der Waals surface area contributed by atoms with E-state index in [9.17, 15) is 22.9 Å². The number of amides is 1. The van der Waals surface area contributed by atoms with Crippen LogP contribution in [0.5, 0.6) is 0 Å². The number of aryl methyl sites for hydroxylation is 2. The summed E-state index contributed by atoms with van der Waals surface area (Å²) in [7, 11) is 0. The number of carbonyl (C=O) groups is 1. The van der Waals surface area contributed by atoms with Gasteiger partial charge in [0.25, 0.3) is 0 Å². The SMILES string of the molecule is Cc1cc(-c2cc3c(n2-c2ccc(C(=O)N=O)o2)CC(C(F)(F)F)CC3)ccc1Cl. The van der Waals surface area contributed by atoms with Crippen LogP contribution in [-0.4, -0.2) is 16.7 Å². The number of hydrogen-bond acceptors (Lipinski definition) is 3. The Morgan fingerprint density at radius 3 is 2.67 bits per heavy atom. The van der Waals surface area contributed by atoms with Gasteiger partial charge in [0.1, 0.15) is 0 Å². The highest BCUT2D eigenvalue weighted by atomic mass is 35.5. The highest BCUT2D eigenvalue weighted by Crippen LogP contribution is 2.41. The van der Waals surface area contributed by atoms with Gasteiger partial charge in [0.15, 0.2) is 5.76 Å². The molecule has 0 aliphatic heterocycles. The fourth-order valence-electron chi connectivity index (χ4n) is 3.86. The minimum absolute atomic E-state index is 0.0105. The zero-order chi connectivity index (χ0) is 21.6. The van der Waals surface area contributed by atoms with Crippen LogP contribution in [0.25, 0.3) is 17.1 Å². The molecule has 1 amide bonds. The Kier molecular flexibility index (Phi) is 5.05. The van der Waals surface area contributed by atoms with Crippen molar-refractivity contribution in [2.45, 2.75) is 32.4 Å². The molecule has 4 rings (SSSR count). The predicted molar refractivity (Wildman–Crippen MR) is 105 cm³/mol. The van der Waals surface area contributed by atoms with E-state index in [1.807, 2.05) is 19.1 Å². The summed E-state index contributed by atoms with van der Waals surface area (Å²) in [6.45, 7) is 1.83. The van der Waals surface area contributed by atoms with E-state index in [0.717, 1.165) is 16.7 Å². The van der Waals surface area contributed by atoms with E-state index >= 15 is 0 Å². The van der Waals surface area contributed by atoms with Crippen LogP contribution in [-0.2, 0) is 12.8 Å². The van der Waals surface area contributed by atoms with Crippen molar-refractivity contribution < 1.29 is 22.4 Å². The van der Waals surface area contributed by atoms with Crippen molar-refractivity contribution in [1.29, 1.82) is 0 Å². The quantitative estimate of drug-likeness (QED) is 0.454. The lowest BCUT2D eigenvalue weighted by atomic mass is 9.87. The van der Waals surface area contributed by atoms with Crippen molar-refractivity contribution in [3.63, 3.8) is 0 Å². The van der Waals surface area contributed by atoms with Crippen molar-refractivity contribution in [2.24, 2.45) is 11.1 Å². The number of nitrogens with zero attached hydrogens (tertiary/aromatic N) is 2. The average Bonchev–Trinajstić information content (AvgIpc) is 3.32. The second-order valence-corrected chi connectivity index (χ2v) is 7.72. The third-order valence-electron chi connectivity index (χ3n) is 5.42. The standard InChI is InChI=1S/C21H16ClF3N2O3/c1-11-8-12(3-5-15(11)22)16-9-13-2-4-14(21(23,24)25)10-17(13)27(16)19-7-6-18(30-19)20(28)26-29/h3,5-9,14H,2,4,10H2,1H3. The summed E-state index contributed by atoms with van der Waals surface area (Å²) in [5.74, 6) is -2.68. The van der Waals surface area contributed by atoms with E-state index in [2.05, 4.69) is 5.18 Å². The molecule has 2 aromatic heterocycles. The molecule has 3 aromatic rings. The first-order valence-electron chi connectivity index (χ1n) is 9.23. The molecular formula is C21H16ClF3N2O3. The second kappa shape index (κ2) is 7.43. The second-order valence-electron chi connectivity index (χ2n) is 7.32. The third-order valence-corrected chi connectivity index (χ3v) is 5.84. The van der Waals surface area contributed by atoms with Crippen LogP contribution in [0.4, 0.5) is 13.2 Å². The first-order valence-corrected chi connectivity index (χ1v) is 9.61. The van der Waals surface area contributed by atoms with Gasteiger partial charge in [-0.05, 0) is 67.1 Å². The zero-order valence-corrected chi connectivity index (χ0v) is 16.5. The number of fused-ring (bicyclic) bond motifs is 1. The first-order chi connectivity index (χ1) is 14.2. The van der Waals surface area contributed by atoms with Gasteiger partial charge in [-0.3, -0.25) is 9.36 Å². The fraction of sp³-hybridized carbons (Fsp3) is 0.286. The molecule has 0 radical (unpaired) electrons.